The SMILES string of the molecule is COC(=O)N[C@H](C(=O)N1CC2(COCO2)C[C@H]1C(=O)O)C(C)C. The fourth-order valence-corrected chi connectivity index (χ4v) is 2.92. The summed E-state index contributed by atoms with van der Waals surface area (Å²) in [6.45, 7) is 3.97. The topological polar surface area (TPSA) is 114 Å². The van der Waals surface area contributed by atoms with Gasteiger partial charge in [-0.3, -0.25) is 4.79 Å². The number of amides is 2. The Labute approximate surface area is 133 Å². The second kappa shape index (κ2) is 6.71. The van der Waals surface area contributed by atoms with E-state index in [4.69, 9.17) is 9.47 Å². The van der Waals surface area contributed by atoms with E-state index in [9.17, 15) is 19.5 Å². The molecular formula is C14H22N2O7. The molecule has 0 aliphatic carbocycles. The van der Waals surface area contributed by atoms with Crippen molar-refractivity contribution in [2.24, 2.45) is 5.92 Å². The average molecular weight is 330 g/mol. The number of hydrogen-bond donors (Lipinski definition) is 2. The molecule has 1 unspecified atom stereocenters. The third-order valence-corrected chi connectivity index (χ3v) is 4.17. The maximum Gasteiger partial charge on any atom is 0.407 e. The van der Waals surface area contributed by atoms with Gasteiger partial charge < -0.3 is 29.5 Å². The first-order valence-corrected chi connectivity index (χ1v) is 7.39. The lowest BCUT2D eigenvalue weighted by atomic mass is 10.0. The van der Waals surface area contributed by atoms with Crippen molar-refractivity contribution in [3.8, 4) is 0 Å². The number of rotatable bonds is 4. The summed E-state index contributed by atoms with van der Waals surface area (Å²) in [6.07, 6.45) is -0.574. The highest BCUT2D eigenvalue weighted by atomic mass is 16.7. The van der Waals surface area contributed by atoms with Gasteiger partial charge in [0.1, 0.15) is 24.5 Å². The van der Waals surface area contributed by atoms with Gasteiger partial charge in [0.2, 0.25) is 5.91 Å². The molecule has 23 heavy (non-hydrogen) atoms. The fraction of sp³-hybridized carbons (Fsp3) is 0.786. The van der Waals surface area contributed by atoms with E-state index in [1.807, 2.05) is 0 Å². The lowest BCUT2D eigenvalue weighted by Crippen LogP contribution is -2.54. The van der Waals surface area contributed by atoms with Crippen LogP contribution in [-0.2, 0) is 23.8 Å². The molecule has 2 saturated heterocycles. The molecule has 9 nitrogen and oxygen atoms in total. The Morgan fingerprint density at radius 2 is 2.09 bits per heavy atom. The number of ether oxygens (including phenoxy) is 3. The van der Waals surface area contributed by atoms with Crippen LogP contribution in [0.4, 0.5) is 4.79 Å². The molecule has 0 aromatic carbocycles. The monoisotopic (exact) mass is 330 g/mol. The maximum atomic E-state index is 12.8. The van der Waals surface area contributed by atoms with Crippen molar-refractivity contribution < 1.29 is 33.7 Å². The van der Waals surface area contributed by atoms with Crippen molar-refractivity contribution >= 4 is 18.0 Å². The molecule has 0 aromatic heterocycles. The first-order valence-electron chi connectivity index (χ1n) is 7.39. The fourth-order valence-electron chi connectivity index (χ4n) is 2.92. The first kappa shape index (κ1) is 17.5. The molecule has 2 N–H and O–H groups in total. The smallest absolute Gasteiger partial charge is 0.407 e. The number of carbonyl (C=O) groups is 3. The predicted molar refractivity (Wildman–Crippen MR) is 76.6 cm³/mol. The molecule has 0 bridgehead atoms. The summed E-state index contributed by atoms with van der Waals surface area (Å²) in [4.78, 5) is 37.0. The molecule has 2 aliphatic rings. The van der Waals surface area contributed by atoms with Crippen molar-refractivity contribution in [1.82, 2.24) is 10.2 Å². The number of nitrogens with one attached hydrogen (secondary N) is 1. The number of methoxy groups -OCH3 is 1. The molecule has 2 aliphatic heterocycles. The average Bonchev–Trinajstić information content (AvgIpc) is 3.11. The standard InChI is InChI=1S/C14H22N2O7/c1-8(2)10(15-13(20)21-3)11(17)16-5-14(6-22-7-23-14)4-9(16)12(18)19/h8-10H,4-7H2,1-3H3,(H,15,20)(H,18,19)/t9-,10-,14?/m0/s1. The van der Waals surface area contributed by atoms with Gasteiger partial charge in [-0.1, -0.05) is 13.8 Å². The van der Waals surface area contributed by atoms with Gasteiger partial charge in [-0.05, 0) is 5.92 Å². The summed E-state index contributed by atoms with van der Waals surface area (Å²) < 4.78 is 15.2. The van der Waals surface area contributed by atoms with Crippen LogP contribution in [0, 0.1) is 5.92 Å². The summed E-state index contributed by atoms with van der Waals surface area (Å²) in [7, 11) is 1.20. The van der Waals surface area contributed by atoms with Crippen molar-refractivity contribution in [1.29, 1.82) is 0 Å². The van der Waals surface area contributed by atoms with E-state index in [0.29, 0.717) is 0 Å². The zero-order chi connectivity index (χ0) is 17.2. The van der Waals surface area contributed by atoms with Crippen LogP contribution in [0.1, 0.15) is 20.3 Å². The highest BCUT2D eigenvalue weighted by Gasteiger charge is 2.53. The Kier molecular flexibility index (Phi) is 5.10. The minimum atomic E-state index is -1.11. The Morgan fingerprint density at radius 1 is 1.39 bits per heavy atom. The van der Waals surface area contributed by atoms with E-state index >= 15 is 0 Å². The second-order valence-corrected chi connectivity index (χ2v) is 6.18. The van der Waals surface area contributed by atoms with E-state index in [2.05, 4.69) is 10.1 Å². The number of hydrogen-bond acceptors (Lipinski definition) is 6. The Bertz CT molecular complexity index is 488. The maximum absolute atomic E-state index is 12.8. The largest absolute Gasteiger partial charge is 0.480 e. The Morgan fingerprint density at radius 3 is 2.57 bits per heavy atom. The second-order valence-electron chi connectivity index (χ2n) is 6.18. The van der Waals surface area contributed by atoms with Crippen LogP contribution in [0.15, 0.2) is 0 Å². The molecule has 2 amide bonds. The van der Waals surface area contributed by atoms with Crippen LogP contribution in [0.25, 0.3) is 0 Å². The third-order valence-electron chi connectivity index (χ3n) is 4.17. The zero-order valence-corrected chi connectivity index (χ0v) is 13.4. The van der Waals surface area contributed by atoms with Crippen molar-refractivity contribution in [2.45, 2.75) is 38.0 Å². The van der Waals surface area contributed by atoms with E-state index in [1.165, 1.54) is 12.0 Å². The number of aliphatic carboxylic acids is 1. The van der Waals surface area contributed by atoms with Gasteiger partial charge in [-0.15, -0.1) is 0 Å². The van der Waals surface area contributed by atoms with Gasteiger partial charge in [0, 0.05) is 6.42 Å². The van der Waals surface area contributed by atoms with Gasteiger partial charge in [-0.25, -0.2) is 9.59 Å². The Hall–Kier alpha value is -1.87. The summed E-state index contributed by atoms with van der Waals surface area (Å²) in [6, 6.07) is -1.88. The number of alkyl carbamates (subject to hydrolysis) is 1. The molecule has 130 valence electrons. The van der Waals surface area contributed by atoms with Gasteiger partial charge in [0.25, 0.3) is 0 Å². The molecule has 2 rings (SSSR count). The molecule has 0 aromatic rings. The molecule has 1 spiro atoms. The number of carbonyl (C=O) groups excluding carboxylic acids is 2. The zero-order valence-electron chi connectivity index (χ0n) is 13.4. The molecular weight excluding hydrogens is 308 g/mol. The molecule has 0 saturated carbocycles. The van der Waals surface area contributed by atoms with Crippen LogP contribution in [0.5, 0.6) is 0 Å². The van der Waals surface area contributed by atoms with Crippen molar-refractivity contribution in [2.75, 3.05) is 27.1 Å². The Balaban J connectivity index is 2.19. The van der Waals surface area contributed by atoms with Crippen LogP contribution in [0.2, 0.25) is 0 Å². The number of carboxylic acid groups (broad SMARTS) is 1. The first-order chi connectivity index (χ1) is 10.8. The van der Waals surface area contributed by atoms with Gasteiger partial charge in [0.05, 0.1) is 20.3 Å². The normalized spacial score (nSPS) is 28.2. The molecule has 0 radical (unpaired) electrons. The van der Waals surface area contributed by atoms with Crippen LogP contribution < -0.4 is 5.32 Å². The van der Waals surface area contributed by atoms with Crippen LogP contribution in [-0.4, -0.2) is 72.7 Å². The van der Waals surface area contributed by atoms with E-state index in [1.54, 1.807) is 13.8 Å². The molecule has 9 heteroatoms. The number of carboxylic acids is 1. The van der Waals surface area contributed by atoms with Crippen LogP contribution in [0.3, 0.4) is 0 Å². The van der Waals surface area contributed by atoms with E-state index in [-0.39, 0.29) is 32.3 Å². The van der Waals surface area contributed by atoms with E-state index < -0.39 is 35.7 Å². The minimum absolute atomic E-state index is 0.0857. The predicted octanol–water partition coefficient (Wildman–Crippen LogP) is -0.204. The summed E-state index contributed by atoms with van der Waals surface area (Å²) in [5.41, 5.74) is -0.786. The number of nitrogens with zero attached hydrogens (tertiary/aromatic N) is 1. The van der Waals surface area contributed by atoms with Gasteiger partial charge in [-0.2, -0.15) is 0 Å². The minimum Gasteiger partial charge on any atom is -0.480 e. The summed E-state index contributed by atoms with van der Waals surface area (Å²) in [5.74, 6) is -1.80. The molecule has 2 heterocycles. The van der Waals surface area contributed by atoms with Crippen molar-refractivity contribution in [3.63, 3.8) is 0 Å². The van der Waals surface area contributed by atoms with Gasteiger partial charge >= 0.3 is 12.1 Å². The van der Waals surface area contributed by atoms with Crippen molar-refractivity contribution in [3.05, 3.63) is 0 Å². The third kappa shape index (κ3) is 3.56. The van der Waals surface area contributed by atoms with Gasteiger partial charge in [0.15, 0.2) is 0 Å². The van der Waals surface area contributed by atoms with E-state index in [0.717, 1.165) is 0 Å². The highest BCUT2D eigenvalue weighted by molar-refractivity contribution is 5.90. The summed E-state index contributed by atoms with van der Waals surface area (Å²) >= 11 is 0. The quantitative estimate of drug-likeness (QED) is 0.733. The number of likely N-dealkylation sites (tertiary alicyclic amines) is 1. The molecule has 3 atom stereocenters. The lowest BCUT2D eigenvalue weighted by molar-refractivity contribution is -0.149. The molecule has 2 fully saturated rings. The summed E-state index contributed by atoms with van der Waals surface area (Å²) in [5, 5.41) is 11.9. The highest BCUT2D eigenvalue weighted by Crippen LogP contribution is 2.35. The van der Waals surface area contributed by atoms with Crippen LogP contribution >= 0.6 is 0 Å². The lowest BCUT2D eigenvalue weighted by Gasteiger charge is -2.29.